The predicted molar refractivity (Wildman–Crippen MR) is 87.7 cm³/mol. The van der Waals surface area contributed by atoms with Crippen molar-refractivity contribution in [1.82, 2.24) is 15.1 Å². The van der Waals surface area contributed by atoms with Gasteiger partial charge in [-0.15, -0.1) is 0 Å². The Morgan fingerprint density at radius 3 is 2.52 bits per heavy atom. The minimum Gasteiger partial charge on any atom is -0.338 e. The normalized spacial score (nSPS) is 25.4. The Kier molecular flexibility index (Phi) is 5.32. The number of likely N-dealkylation sites (tertiary alicyclic amines) is 2. The predicted octanol–water partition coefficient (Wildman–Crippen LogP) is 1.85. The molecular weight excluding hydrogens is 294 g/mol. The number of carbonyl (C=O) groups is 3. The standard InChI is InChI=1S/C17H29N3O3/c1-12-6-9-19(11-12)16(23)18-7-5-8-20-14(21)10-13(15(20)22)17(2,3)4/h12-13H,5-11H2,1-4H3,(H,18,23)/t12-,13?/m1/s1. The van der Waals surface area contributed by atoms with Crippen molar-refractivity contribution in [1.29, 1.82) is 0 Å². The van der Waals surface area contributed by atoms with E-state index in [0.29, 0.717) is 31.8 Å². The molecule has 0 aromatic rings. The molecule has 0 aromatic heterocycles. The quantitative estimate of drug-likeness (QED) is 0.634. The highest BCUT2D eigenvalue weighted by atomic mass is 16.2. The summed E-state index contributed by atoms with van der Waals surface area (Å²) in [6.07, 6.45) is 1.96. The fourth-order valence-corrected chi connectivity index (χ4v) is 3.26. The molecule has 0 radical (unpaired) electrons. The summed E-state index contributed by atoms with van der Waals surface area (Å²) >= 11 is 0. The minimum atomic E-state index is -0.226. The molecule has 2 atom stereocenters. The maximum Gasteiger partial charge on any atom is 0.317 e. The number of amides is 4. The summed E-state index contributed by atoms with van der Waals surface area (Å²) < 4.78 is 0. The average molecular weight is 323 g/mol. The molecule has 0 aromatic carbocycles. The number of urea groups is 1. The van der Waals surface area contributed by atoms with Crippen molar-refractivity contribution in [3.63, 3.8) is 0 Å². The summed E-state index contributed by atoms with van der Waals surface area (Å²) in [6, 6.07) is -0.0407. The van der Waals surface area contributed by atoms with Gasteiger partial charge in [-0.1, -0.05) is 27.7 Å². The molecule has 1 N–H and O–H groups in total. The zero-order valence-electron chi connectivity index (χ0n) is 14.7. The third-order valence-corrected chi connectivity index (χ3v) is 4.84. The molecule has 4 amide bonds. The second-order valence-corrected chi connectivity index (χ2v) is 7.93. The van der Waals surface area contributed by atoms with Crippen LogP contribution in [0.5, 0.6) is 0 Å². The summed E-state index contributed by atoms with van der Waals surface area (Å²) in [5.74, 6) is 0.183. The number of nitrogens with zero attached hydrogens (tertiary/aromatic N) is 2. The Morgan fingerprint density at radius 2 is 2.00 bits per heavy atom. The highest BCUT2D eigenvalue weighted by molar-refractivity contribution is 6.03. The van der Waals surface area contributed by atoms with Crippen molar-refractivity contribution in [2.75, 3.05) is 26.2 Å². The number of hydrogen-bond acceptors (Lipinski definition) is 3. The van der Waals surface area contributed by atoms with Crippen molar-refractivity contribution in [3.8, 4) is 0 Å². The molecule has 1 unspecified atom stereocenters. The Labute approximate surface area is 138 Å². The van der Waals surface area contributed by atoms with Crippen LogP contribution in [0.15, 0.2) is 0 Å². The van der Waals surface area contributed by atoms with Gasteiger partial charge >= 0.3 is 6.03 Å². The first-order valence-electron chi connectivity index (χ1n) is 8.57. The summed E-state index contributed by atoms with van der Waals surface area (Å²) in [6.45, 7) is 10.6. The van der Waals surface area contributed by atoms with E-state index in [0.717, 1.165) is 19.5 Å². The van der Waals surface area contributed by atoms with Gasteiger partial charge in [0.15, 0.2) is 0 Å². The van der Waals surface area contributed by atoms with Crippen LogP contribution in [0.3, 0.4) is 0 Å². The maximum absolute atomic E-state index is 12.3. The van der Waals surface area contributed by atoms with E-state index >= 15 is 0 Å². The third-order valence-electron chi connectivity index (χ3n) is 4.84. The Balaban J connectivity index is 1.73. The van der Waals surface area contributed by atoms with E-state index in [2.05, 4.69) is 12.2 Å². The second kappa shape index (κ2) is 6.89. The lowest BCUT2D eigenvalue weighted by Gasteiger charge is -2.25. The van der Waals surface area contributed by atoms with Crippen LogP contribution in [0.4, 0.5) is 4.79 Å². The second-order valence-electron chi connectivity index (χ2n) is 7.93. The smallest absolute Gasteiger partial charge is 0.317 e. The molecule has 2 aliphatic heterocycles. The van der Waals surface area contributed by atoms with Crippen LogP contribution >= 0.6 is 0 Å². The highest BCUT2D eigenvalue weighted by Crippen LogP contribution is 2.35. The van der Waals surface area contributed by atoms with Crippen LogP contribution in [0.1, 0.15) is 47.0 Å². The van der Waals surface area contributed by atoms with E-state index in [1.807, 2.05) is 25.7 Å². The first-order chi connectivity index (χ1) is 10.7. The lowest BCUT2D eigenvalue weighted by Crippen LogP contribution is -2.40. The summed E-state index contributed by atoms with van der Waals surface area (Å²) in [4.78, 5) is 39.5. The number of hydrogen-bond donors (Lipinski definition) is 1. The van der Waals surface area contributed by atoms with Gasteiger partial charge < -0.3 is 10.2 Å². The monoisotopic (exact) mass is 323 g/mol. The Hall–Kier alpha value is -1.59. The molecule has 2 saturated heterocycles. The van der Waals surface area contributed by atoms with Crippen LogP contribution < -0.4 is 5.32 Å². The molecule has 23 heavy (non-hydrogen) atoms. The summed E-state index contributed by atoms with van der Waals surface area (Å²) in [7, 11) is 0. The van der Waals surface area contributed by atoms with Gasteiger partial charge in [0.1, 0.15) is 0 Å². The van der Waals surface area contributed by atoms with Crippen LogP contribution in [0.25, 0.3) is 0 Å². The van der Waals surface area contributed by atoms with Gasteiger partial charge in [0.05, 0.1) is 5.92 Å². The highest BCUT2D eigenvalue weighted by Gasteiger charge is 2.44. The van der Waals surface area contributed by atoms with Crippen molar-refractivity contribution in [2.24, 2.45) is 17.3 Å². The van der Waals surface area contributed by atoms with E-state index in [4.69, 9.17) is 0 Å². The van der Waals surface area contributed by atoms with Gasteiger partial charge in [-0.3, -0.25) is 14.5 Å². The van der Waals surface area contributed by atoms with Gasteiger partial charge in [0.25, 0.3) is 0 Å². The molecule has 2 rings (SSSR count). The van der Waals surface area contributed by atoms with E-state index in [9.17, 15) is 14.4 Å². The lowest BCUT2D eigenvalue weighted by molar-refractivity contribution is -0.140. The van der Waals surface area contributed by atoms with E-state index in [-0.39, 0.29) is 29.2 Å². The molecule has 0 spiro atoms. The number of nitrogens with one attached hydrogen (secondary N) is 1. The zero-order valence-corrected chi connectivity index (χ0v) is 14.7. The largest absolute Gasteiger partial charge is 0.338 e. The molecule has 2 fully saturated rings. The zero-order chi connectivity index (χ0) is 17.2. The van der Waals surface area contributed by atoms with Crippen molar-refractivity contribution in [3.05, 3.63) is 0 Å². The first-order valence-corrected chi connectivity index (χ1v) is 8.57. The molecule has 130 valence electrons. The maximum atomic E-state index is 12.3. The first kappa shape index (κ1) is 17.8. The number of rotatable bonds is 4. The molecule has 0 bridgehead atoms. The molecule has 0 saturated carbocycles. The van der Waals surface area contributed by atoms with Crippen molar-refractivity contribution >= 4 is 17.8 Å². The average Bonchev–Trinajstić information content (AvgIpc) is 3.00. The molecular formula is C17H29N3O3. The summed E-state index contributed by atoms with van der Waals surface area (Å²) in [5.41, 5.74) is -0.192. The summed E-state index contributed by atoms with van der Waals surface area (Å²) in [5, 5.41) is 2.88. The minimum absolute atomic E-state index is 0.0407. The Morgan fingerprint density at radius 1 is 1.30 bits per heavy atom. The van der Waals surface area contributed by atoms with E-state index in [1.165, 1.54) is 4.90 Å². The number of carbonyl (C=O) groups excluding carboxylic acids is 3. The van der Waals surface area contributed by atoms with Gasteiger partial charge in [-0.05, 0) is 24.2 Å². The molecule has 2 aliphatic rings. The fraction of sp³-hybridized carbons (Fsp3) is 0.824. The molecule has 2 heterocycles. The van der Waals surface area contributed by atoms with Gasteiger partial charge in [0, 0.05) is 32.6 Å². The third kappa shape index (κ3) is 4.24. The molecule has 6 heteroatoms. The van der Waals surface area contributed by atoms with Crippen molar-refractivity contribution in [2.45, 2.75) is 47.0 Å². The van der Waals surface area contributed by atoms with Gasteiger partial charge in [0.2, 0.25) is 11.8 Å². The Bertz CT molecular complexity index is 484. The molecule has 0 aliphatic carbocycles. The lowest BCUT2D eigenvalue weighted by atomic mass is 9.80. The van der Waals surface area contributed by atoms with Crippen LogP contribution in [0, 0.1) is 17.3 Å². The number of imide groups is 1. The van der Waals surface area contributed by atoms with E-state index < -0.39 is 0 Å². The van der Waals surface area contributed by atoms with Crippen molar-refractivity contribution < 1.29 is 14.4 Å². The fourth-order valence-electron chi connectivity index (χ4n) is 3.26. The van der Waals surface area contributed by atoms with Gasteiger partial charge in [-0.25, -0.2) is 4.79 Å². The van der Waals surface area contributed by atoms with Gasteiger partial charge in [-0.2, -0.15) is 0 Å². The SMILES string of the molecule is C[C@@H]1CCN(C(=O)NCCCN2C(=O)CC(C(C)(C)C)C2=O)C1. The topological polar surface area (TPSA) is 69.7 Å². The molecule has 6 nitrogen and oxygen atoms in total. The van der Waals surface area contributed by atoms with E-state index in [1.54, 1.807) is 0 Å². The van der Waals surface area contributed by atoms with Crippen LogP contribution in [-0.4, -0.2) is 53.8 Å². The van der Waals surface area contributed by atoms with Crippen LogP contribution in [0.2, 0.25) is 0 Å². The van der Waals surface area contributed by atoms with Crippen LogP contribution in [-0.2, 0) is 9.59 Å².